The van der Waals surface area contributed by atoms with Gasteiger partial charge in [0.2, 0.25) is 0 Å². The number of nitrogens with zero attached hydrogens (tertiary/aromatic N) is 2. The predicted octanol–water partition coefficient (Wildman–Crippen LogP) is 6.16. The number of fused-ring (bicyclic) bond motifs is 1. The van der Waals surface area contributed by atoms with E-state index < -0.39 is 0 Å². The second kappa shape index (κ2) is 9.07. The van der Waals surface area contributed by atoms with Crippen LogP contribution in [0.25, 0.3) is 10.2 Å². The van der Waals surface area contributed by atoms with Gasteiger partial charge in [-0.15, -0.1) is 23.1 Å². The van der Waals surface area contributed by atoms with Crippen LogP contribution in [0.5, 0.6) is 0 Å². The van der Waals surface area contributed by atoms with Crippen molar-refractivity contribution >= 4 is 39.2 Å². The Morgan fingerprint density at radius 2 is 2.09 bits per heavy atom. The van der Waals surface area contributed by atoms with Crippen LogP contribution in [0.1, 0.15) is 63.8 Å². The number of amides is 1. The molecule has 1 aliphatic rings. The number of hydrogen-bond donors (Lipinski definition) is 1. The van der Waals surface area contributed by atoms with Crippen molar-refractivity contribution in [3.05, 3.63) is 80.1 Å². The summed E-state index contributed by atoms with van der Waals surface area (Å²) in [5, 5.41) is 0.509. The van der Waals surface area contributed by atoms with E-state index >= 15 is 0 Å². The summed E-state index contributed by atoms with van der Waals surface area (Å²) in [5.74, 6) is 1.88. The minimum Gasteiger partial charge on any atom is -0.467 e. The molecule has 176 valence electrons. The molecule has 0 aliphatic heterocycles. The highest BCUT2D eigenvalue weighted by Gasteiger charge is 2.39. The molecular weight excluding hydrogens is 466 g/mol. The maximum absolute atomic E-state index is 13.7. The molecule has 1 fully saturated rings. The summed E-state index contributed by atoms with van der Waals surface area (Å²) in [6, 6.07) is 10.1. The molecule has 0 radical (unpaired) electrons. The predicted molar refractivity (Wildman–Crippen MR) is 137 cm³/mol. The minimum absolute atomic E-state index is 0.0578. The molecule has 1 unspecified atom stereocenters. The zero-order valence-corrected chi connectivity index (χ0v) is 21.3. The summed E-state index contributed by atoms with van der Waals surface area (Å²) in [7, 11) is 0. The second-order valence-electron chi connectivity index (χ2n) is 8.94. The van der Waals surface area contributed by atoms with Gasteiger partial charge < -0.3 is 14.3 Å². The van der Waals surface area contributed by atoms with Crippen LogP contribution < -0.4 is 5.56 Å². The number of thiophene rings is 1. The normalized spacial score (nSPS) is 14.5. The third-order valence-electron chi connectivity index (χ3n) is 6.30. The van der Waals surface area contributed by atoms with Crippen molar-refractivity contribution in [3.8, 4) is 0 Å². The number of rotatable bonds is 7. The first-order valence-electron chi connectivity index (χ1n) is 11.4. The van der Waals surface area contributed by atoms with Gasteiger partial charge in [0.1, 0.15) is 16.4 Å². The van der Waals surface area contributed by atoms with E-state index in [0.29, 0.717) is 32.2 Å². The lowest BCUT2D eigenvalue weighted by Crippen LogP contribution is -2.35. The number of hydrogen-bond acceptors (Lipinski definition) is 6. The molecule has 0 bridgehead atoms. The largest absolute Gasteiger partial charge is 0.467 e. The second-order valence-corrected chi connectivity index (χ2v) is 11.0. The van der Waals surface area contributed by atoms with Crippen molar-refractivity contribution < 1.29 is 9.21 Å². The standard InChI is InChI=1S/C26H27N3O3S2/c1-14-7-8-15(2)20(12-14)33-13-21-27-24(30)22-16(3)23(34-25(22)28-21)26(31)29(18-9-10-18)17(4)19-6-5-11-32-19/h5-8,11-12,17-18H,9-10,13H2,1-4H3,(H,27,28,30). The van der Waals surface area contributed by atoms with Crippen molar-refractivity contribution in [2.75, 3.05) is 0 Å². The van der Waals surface area contributed by atoms with Crippen LogP contribution in [0, 0.1) is 20.8 Å². The average molecular weight is 494 g/mol. The Kier molecular flexibility index (Phi) is 6.12. The number of H-pyrrole nitrogens is 1. The third-order valence-corrected chi connectivity index (χ3v) is 8.64. The lowest BCUT2D eigenvalue weighted by Gasteiger charge is -2.27. The van der Waals surface area contributed by atoms with Crippen molar-refractivity contribution in [2.45, 2.75) is 63.3 Å². The lowest BCUT2D eigenvalue weighted by atomic mass is 10.1. The SMILES string of the molecule is Cc1ccc(C)c(SCc2nc3sc(C(=O)N(C4CC4)C(C)c4ccco4)c(C)c3c(=O)[nH]2)c1. The van der Waals surface area contributed by atoms with Gasteiger partial charge in [0.15, 0.2) is 0 Å². The number of benzene rings is 1. The van der Waals surface area contributed by atoms with Crippen LogP contribution in [-0.2, 0) is 5.75 Å². The molecule has 3 aromatic heterocycles. The minimum atomic E-state index is -0.189. The number of nitrogens with one attached hydrogen (secondary N) is 1. The summed E-state index contributed by atoms with van der Waals surface area (Å²) < 4.78 is 5.58. The molecule has 8 heteroatoms. The first-order chi connectivity index (χ1) is 16.3. The number of aryl methyl sites for hydroxylation is 3. The van der Waals surface area contributed by atoms with Gasteiger partial charge in [0.25, 0.3) is 11.5 Å². The molecule has 1 N–H and O–H groups in total. The highest BCUT2D eigenvalue weighted by atomic mass is 32.2. The first-order valence-corrected chi connectivity index (χ1v) is 13.2. The molecule has 0 spiro atoms. The molecule has 1 aliphatic carbocycles. The Morgan fingerprint density at radius 3 is 2.79 bits per heavy atom. The smallest absolute Gasteiger partial charge is 0.265 e. The maximum Gasteiger partial charge on any atom is 0.265 e. The highest BCUT2D eigenvalue weighted by Crippen LogP contribution is 2.38. The van der Waals surface area contributed by atoms with E-state index in [9.17, 15) is 9.59 Å². The van der Waals surface area contributed by atoms with E-state index in [0.717, 1.165) is 18.6 Å². The lowest BCUT2D eigenvalue weighted by molar-refractivity contribution is 0.0657. The van der Waals surface area contributed by atoms with Gasteiger partial charge >= 0.3 is 0 Å². The van der Waals surface area contributed by atoms with Crippen molar-refractivity contribution in [3.63, 3.8) is 0 Å². The molecule has 4 aromatic rings. The quantitative estimate of drug-likeness (QED) is 0.312. The van der Waals surface area contributed by atoms with Crippen LogP contribution in [0.4, 0.5) is 0 Å². The number of carbonyl (C=O) groups excluding carboxylic acids is 1. The van der Waals surface area contributed by atoms with Gasteiger partial charge in [-0.3, -0.25) is 9.59 Å². The van der Waals surface area contributed by atoms with Crippen molar-refractivity contribution in [1.29, 1.82) is 0 Å². The number of furan rings is 1. The number of carbonyl (C=O) groups is 1. The molecule has 1 saturated carbocycles. The number of aromatic nitrogens is 2. The summed E-state index contributed by atoms with van der Waals surface area (Å²) in [4.78, 5) is 38.6. The Hall–Kier alpha value is -2.84. The van der Waals surface area contributed by atoms with E-state index in [1.807, 2.05) is 30.9 Å². The van der Waals surface area contributed by atoms with E-state index in [2.05, 4.69) is 37.0 Å². The van der Waals surface area contributed by atoms with E-state index in [4.69, 9.17) is 9.40 Å². The Balaban J connectivity index is 1.45. The van der Waals surface area contributed by atoms with Crippen LogP contribution in [0.3, 0.4) is 0 Å². The molecule has 3 heterocycles. The van der Waals surface area contributed by atoms with Gasteiger partial charge in [-0.05, 0) is 69.9 Å². The highest BCUT2D eigenvalue weighted by molar-refractivity contribution is 7.98. The van der Waals surface area contributed by atoms with E-state index in [-0.39, 0.29) is 23.6 Å². The van der Waals surface area contributed by atoms with Gasteiger partial charge in [-0.1, -0.05) is 17.7 Å². The first kappa shape index (κ1) is 22.9. The number of thioether (sulfide) groups is 1. The van der Waals surface area contributed by atoms with Crippen molar-refractivity contribution in [2.24, 2.45) is 0 Å². The van der Waals surface area contributed by atoms with Crippen LogP contribution in [-0.4, -0.2) is 26.8 Å². The van der Waals surface area contributed by atoms with Gasteiger partial charge in [-0.25, -0.2) is 4.98 Å². The fourth-order valence-corrected chi connectivity index (χ4v) is 6.40. The van der Waals surface area contributed by atoms with E-state index in [1.54, 1.807) is 18.0 Å². The topological polar surface area (TPSA) is 79.2 Å². The van der Waals surface area contributed by atoms with E-state index in [1.165, 1.54) is 27.4 Å². The fourth-order valence-electron chi connectivity index (χ4n) is 4.26. The Labute approximate surface area is 206 Å². The van der Waals surface area contributed by atoms with Gasteiger partial charge in [-0.2, -0.15) is 0 Å². The summed E-state index contributed by atoms with van der Waals surface area (Å²) in [6.45, 7) is 7.98. The molecule has 6 nitrogen and oxygen atoms in total. The molecule has 0 saturated heterocycles. The zero-order valence-electron chi connectivity index (χ0n) is 19.7. The van der Waals surface area contributed by atoms with Crippen LogP contribution in [0.15, 0.2) is 50.7 Å². The van der Waals surface area contributed by atoms with Gasteiger partial charge in [0, 0.05) is 10.9 Å². The molecule has 1 atom stereocenters. The van der Waals surface area contributed by atoms with Crippen LogP contribution in [0.2, 0.25) is 0 Å². The number of aromatic amines is 1. The Bertz CT molecular complexity index is 1420. The monoisotopic (exact) mass is 493 g/mol. The molecular formula is C26H27N3O3S2. The molecule has 5 rings (SSSR count). The third kappa shape index (κ3) is 4.32. The molecule has 1 amide bonds. The summed E-state index contributed by atoms with van der Waals surface area (Å²) in [6.07, 6.45) is 3.60. The zero-order chi connectivity index (χ0) is 24.0. The Morgan fingerprint density at radius 1 is 1.29 bits per heavy atom. The molecule has 1 aromatic carbocycles. The fraction of sp³-hybridized carbons (Fsp3) is 0.346. The maximum atomic E-state index is 13.7. The van der Waals surface area contributed by atoms with Gasteiger partial charge in [0.05, 0.1) is 28.3 Å². The summed E-state index contributed by atoms with van der Waals surface area (Å²) >= 11 is 2.97. The summed E-state index contributed by atoms with van der Waals surface area (Å²) in [5.41, 5.74) is 2.91. The van der Waals surface area contributed by atoms with Crippen molar-refractivity contribution in [1.82, 2.24) is 14.9 Å². The average Bonchev–Trinajstić information content (AvgIpc) is 3.35. The van der Waals surface area contributed by atoms with Crippen LogP contribution >= 0.6 is 23.1 Å². The molecule has 34 heavy (non-hydrogen) atoms.